The molecule has 2 fully saturated rings. The van der Waals surface area contributed by atoms with Gasteiger partial charge in [0.1, 0.15) is 5.82 Å². The summed E-state index contributed by atoms with van der Waals surface area (Å²) in [6.07, 6.45) is 0. The highest BCUT2D eigenvalue weighted by Crippen LogP contribution is 2.17. The largest absolute Gasteiger partial charge is 0.378 e. The maximum absolute atomic E-state index is 12.9. The molecule has 0 aromatic heterocycles. The zero-order valence-electron chi connectivity index (χ0n) is 11.7. The molecule has 1 aromatic carbocycles. The highest BCUT2D eigenvalue weighted by molar-refractivity contribution is 5.46. The Morgan fingerprint density at radius 3 is 2.55 bits per heavy atom. The number of ether oxygens (including phenoxy) is 1. The molecule has 1 atom stereocenters. The molecule has 2 saturated heterocycles. The third-order valence-electron chi connectivity index (χ3n) is 4.04. The van der Waals surface area contributed by atoms with Crippen molar-refractivity contribution in [3.63, 3.8) is 0 Å². The normalized spacial score (nSPS) is 24.9. The molecule has 1 N–H and O–H groups in total. The van der Waals surface area contributed by atoms with E-state index in [2.05, 4.69) is 15.1 Å². The fourth-order valence-corrected chi connectivity index (χ4v) is 2.89. The number of hydrogen-bond acceptors (Lipinski definition) is 4. The van der Waals surface area contributed by atoms with Gasteiger partial charge in [0.05, 0.1) is 13.2 Å². The second-order valence-electron chi connectivity index (χ2n) is 5.49. The van der Waals surface area contributed by atoms with Crippen LogP contribution in [0.15, 0.2) is 24.3 Å². The molecule has 20 heavy (non-hydrogen) atoms. The average molecular weight is 279 g/mol. The van der Waals surface area contributed by atoms with Gasteiger partial charge in [-0.2, -0.15) is 0 Å². The van der Waals surface area contributed by atoms with Crippen LogP contribution in [0.4, 0.5) is 10.1 Å². The van der Waals surface area contributed by atoms with Crippen LogP contribution in [0, 0.1) is 5.82 Å². The van der Waals surface area contributed by atoms with Gasteiger partial charge in [0, 0.05) is 51.0 Å². The molecule has 110 valence electrons. The SMILES string of the molecule is Fc1ccc(N2CCN(CC3COCCN3)CC2)cc1. The number of nitrogens with zero attached hydrogens (tertiary/aromatic N) is 2. The van der Waals surface area contributed by atoms with Gasteiger partial charge in [0.25, 0.3) is 0 Å². The molecule has 2 heterocycles. The zero-order chi connectivity index (χ0) is 13.8. The standard InChI is InChI=1S/C15H22FN3O/c16-13-1-3-15(4-2-13)19-8-6-18(7-9-19)11-14-12-20-10-5-17-14/h1-4,14,17H,5-12H2. The Bertz CT molecular complexity index is 412. The number of hydrogen-bond donors (Lipinski definition) is 1. The highest BCUT2D eigenvalue weighted by Gasteiger charge is 2.21. The lowest BCUT2D eigenvalue weighted by molar-refractivity contribution is 0.0610. The van der Waals surface area contributed by atoms with Crippen LogP contribution in [0.3, 0.4) is 0 Å². The van der Waals surface area contributed by atoms with E-state index in [0.29, 0.717) is 6.04 Å². The van der Waals surface area contributed by atoms with Crippen LogP contribution < -0.4 is 10.2 Å². The topological polar surface area (TPSA) is 27.7 Å². The maximum atomic E-state index is 12.9. The van der Waals surface area contributed by atoms with Crippen molar-refractivity contribution >= 4 is 5.69 Å². The summed E-state index contributed by atoms with van der Waals surface area (Å²) in [4.78, 5) is 4.80. The number of halogens is 1. The molecule has 4 nitrogen and oxygen atoms in total. The fourth-order valence-electron chi connectivity index (χ4n) is 2.89. The molecule has 2 aliphatic rings. The van der Waals surface area contributed by atoms with E-state index in [1.165, 1.54) is 12.1 Å². The summed E-state index contributed by atoms with van der Waals surface area (Å²) in [5.41, 5.74) is 1.12. The predicted octanol–water partition coefficient (Wildman–Crippen LogP) is 0.936. The van der Waals surface area contributed by atoms with Crippen LogP contribution in [0.25, 0.3) is 0 Å². The van der Waals surface area contributed by atoms with Gasteiger partial charge in [0.15, 0.2) is 0 Å². The molecule has 0 saturated carbocycles. The van der Waals surface area contributed by atoms with Crippen LogP contribution >= 0.6 is 0 Å². The van der Waals surface area contributed by atoms with E-state index in [-0.39, 0.29) is 5.82 Å². The Hall–Kier alpha value is -1.17. The minimum Gasteiger partial charge on any atom is -0.378 e. The van der Waals surface area contributed by atoms with Crippen LogP contribution in [0.1, 0.15) is 0 Å². The fraction of sp³-hybridized carbons (Fsp3) is 0.600. The van der Waals surface area contributed by atoms with E-state index in [9.17, 15) is 4.39 Å². The van der Waals surface area contributed by atoms with Crippen molar-refractivity contribution < 1.29 is 9.13 Å². The molecule has 0 amide bonds. The quantitative estimate of drug-likeness (QED) is 0.891. The first-order valence-corrected chi connectivity index (χ1v) is 7.35. The second-order valence-corrected chi connectivity index (χ2v) is 5.49. The summed E-state index contributed by atoms with van der Waals surface area (Å²) in [6, 6.07) is 7.25. The van der Waals surface area contributed by atoms with Gasteiger partial charge in [0.2, 0.25) is 0 Å². The van der Waals surface area contributed by atoms with Crippen molar-refractivity contribution in [2.45, 2.75) is 6.04 Å². The summed E-state index contributed by atoms with van der Waals surface area (Å²) in [5.74, 6) is -0.171. The summed E-state index contributed by atoms with van der Waals surface area (Å²) >= 11 is 0. The number of benzene rings is 1. The van der Waals surface area contributed by atoms with Crippen LogP contribution in [0.5, 0.6) is 0 Å². The van der Waals surface area contributed by atoms with Gasteiger partial charge in [-0.1, -0.05) is 0 Å². The Kier molecular flexibility index (Phi) is 4.50. The number of piperazine rings is 1. The average Bonchev–Trinajstić information content (AvgIpc) is 2.50. The molecule has 1 unspecified atom stereocenters. The highest BCUT2D eigenvalue weighted by atomic mass is 19.1. The smallest absolute Gasteiger partial charge is 0.123 e. The van der Waals surface area contributed by atoms with E-state index in [0.717, 1.165) is 58.2 Å². The van der Waals surface area contributed by atoms with Gasteiger partial charge in [-0.25, -0.2) is 4.39 Å². The molecule has 1 aromatic rings. The first kappa shape index (κ1) is 13.8. The van der Waals surface area contributed by atoms with Gasteiger partial charge in [-0.3, -0.25) is 4.90 Å². The molecule has 0 radical (unpaired) electrons. The molecule has 0 spiro atoms. The molecular formula is C15H22FN3O. The van der Waals surface area contributed by atoms with Gasteiger partial charge in [-0.15, -0.1) is 0 Å². The number of rotatable bonds is 3. The van der Waals surface area contributed by atoms with E-state index in [1.807, 2.05) is 12.1 Å². The monoisotopic (exact) mass is 279 g/mol. The Labute approximate surface area is 119 Å². The van der Waals surface area contributed by atoms with E-state index >= 15 is 0 Å². The Balaban J connectivity index is 1.47. The second kappa shape index (κ2) is 6.52. The first-order valence-electron chi connectivity index (χ1n) is 7.35. The molecule has 3 rings (SSSR count). The van der Waals surface area contributed by atoms with E-state index in [4.69, 9.17) is 4.74 Å². The lowest BCUT2D eigenvalue weighted by atomic mass is 10.2. The van der Waals surface area contributed by atoms with Gasteiger partial charge >= 0.3 is 0 Å². The maximum Gasteiger partial charge on any atom is 0.123 e. The van der Waals surface area contributed by atoms with Crippen molar-refractivity contribution in [1.82, 2.24) is 10.2 Å². The van der Waals surface area contributed by atoms with Crippen molar-refractivity contribution in [2.75, 3.05) is 57.4 Å². The van der Waals surface area contributed by atoms with Crippen LogP contribution in [0.2, 0.25) is 0 Å². The minimum atomic E-state index is -0.171. The van der Waals surface area contributed by atoms with Crippen molar-refractivity contribution in [3.8, 4) is 0 Å². The van der Waals surface area contributed by atoms with Crippen molar-refractivity contribution in [3.05, 3.63) is 30.1 Å². The molecule has 2 aliphatic heterocycles. The van der Waals surface area contributed by atoms with E-state index in [1.54, 1.807) is 0 Å². The Morgan fingerprint density at radius 1 is 1.15 bits per heavy atom. The van der Waals surface area contributed by atoms with Crippen molar-refractivity contribution in [1.29, 1.82) is 0 Å². The predicted molar refractivity (Wildman–Crippen MR) is 77.7 cm³/mol. The summed E-state index contributed by atoms with van der Waals surface area (Å²) in [7, 11) is 0. The first-order chi connectivity index (χ1) is 9.81. The summed E-state index contributed by atoms with van der Waals surface area (Å²) in [5, 5.41) is 3.49. The van der Waals surface area contributed by atoms with Gasteiger partial charge < -0.3 is 15.0 Å². The zero-order valence-corrected chi connectivity index (χ0v) is 11.7. The third-order valence-corrected chi connectivity index (χ3v) is 4.04. The minimum absolute atomic E-state index is 0.171. The molecule has 0 bridgehead atoms. The van der Waals surface area contributed by atoms with Crippen LogP contribution in [-0.4, -0.2) is 63.4 Å². The Morgan fingerprint density at radius 2 is 1.90 bits per heavy atom. The number of anilines is 1. The third kappa shape index (κ3) is 3.48. The number of morpholine rings is 1. The van der Waals surface area contributed by atoms with E-state index < -0.39 is 0 Å². The lowest BCUT2D eigenvalue weighted by Crippen LogP contribution is -2.53. The molecule has 5 heteroatoms. The van der Waals surface area contributed by atoms with Crippen molar-refractivity contribution in [2.24, 2.45) is 0 Å². The summed E-state index contributed by atoms with van der Waals surface area (Å²) < 4.78 is 18.4. The molecule has 0 aliphatic carbocycles. The molecular weight excluding hydrogens is 257 g/mol. The van der Waals surface area contributed by atoms with Gasteiger partial charge in [-0.05, 0) is 24.3 Å². The summed E-state index contributed by atoms with van der Waals surface area (Å²) in [6.45, 7) is 7.76. The van der Waals surface area contributed by atoms with Crippen LogP contribution in [-0.2, 0) is 4.74 Å². The number of nitrogens with one attached hydrogen (secondary N) is 1. The lowest BCUT2D eigenvalue weighted by Gasteiger charge is -2.38.